The summed E-state index contributed by atoms with van der Waals surface area (Å²) in [6.45, 7) is 8.02. The lowest BCUT2D eigenvalue weighted by Gasteiger charge is -2.34. The number of rotatable bonds is 2. The lowest BCUT2D eigenvalue weighted by atomic mass is 9.99. The first kappa shape index (κ1) is 18.8. The molecule has 3 rings (SSSR count). The highest BCUT2D eigenvalue weighted by Crippen LogP contribution is 2.43. The topological polar surface area (TPSA) is 50.8 Å². The molecule has 1 fully saturated rings. The highest BCUT2D eigenvalue weighted by Gasteiger charge is 2.35. The molecule has 1 unspecified atom stereocenters. The molecule has 5 nitrogen and oxygen atoms in total. The summed E-state index contributed by atoms with van der Waals surface area (Å²) in [6, 6.07) is 4.16. The fourth-order valence-electron chi connectivity index (χ4n) is 3.46. The van der Waals surface area contributed by atoms with Gasteiger partial charge in [-0.2, -0.15) is 0 Å². The number of hydrogen-bond acceptors (Lipinski definition) is 4. The molecule has 0 radical (unpaired) electrons. The van der Waals surface area contributed by atoms with Crippen LogP contribution in [0.3, 0.4) is 0 Å². The zero-order valence-electron chi connectivity index (χ0n) is 14.8. The van der Waals surface area contributed by atoms with Crippen molar-refractivity contribution in [2.24, 2.45) is 0 Å². The molecule has 1 aromatic carbocycles. The van der Waals surface area contributed by atoms with Gasteiger partial charge in [0.25, 0.3) is 0 Å². The number of likely N-dealkylation sites (tertiary alicyclic amines) is 1. The fraction of sp³-hybridized carbons (Fsp3) is 0.611. The fourth-order valence-corrected chi connectivity index (χ4v) is 4.50. The van der Waals surface area contributed by atoms with E-state index in [2.05, 4.69) is 26.1 Å². The number of fused-ring (bicyclic) bond motifs is 1. The maximum Gasteiger partial charge on any atom is 0.407 e. The number of alkyl carbamates (subject to hydrolysis) is 1. The molecular formula is C18H24BrClN2O3. The van der Waals surface area contributed by atoms with E-state index in [1.165, 1.54) is 0 Å². The van der Waals surface area contributed by atoms with Crippen molar-refractivity contribution in [3.8, 4) is 5.75 Å². The SMILES string of the molecule is CC(C)(C)OC(=O)NC1CCN([C@H]2CCOc3cc(Cl)cc(Br)c32)C1. The number of carbonyl (C=O) groups is 1. The molecule has 2 atom stereocenters. The molecule has 2 aliphatic rings. The van der Waals surface area contributed by atoms with Crippen LogP contribution in [-0.2, 0) is 4.74 Å². The highest BCUT2D eigenvalue weighted by molar-refractivity contribution is 9.10. The predicted molar refractivity (Wildman–Crippen MR) is 101 cm³/mol. The van der Waals surface area contributed by atoms with Crippen LogP contribution in [0.25, 0.3) is 0 Å². The first-order valence-electron chi connectivity index (χ1n) is 8.58. The van der Waals surface area contributed by atoms with Gasteiger partial charge in [0.1, 0.15) is 11.4 Å². The van der Waals surface area contributed by atoms with E-state index in [0.717, 1.165) is 41.7 Å². The van der Waals surface area contributed by atoms with Crippen molar-refractivity contribution in [3.05, 3.63) is 27.2 Å². The Kier molecular flexibility index (Phi) is 5.51. The molecule has 1 saturated heterocycles. The minimum atomic E-state index is -0.480. The molecular weight excluding hydrogens is 408 g/mol. The Morgan fingerprint density at radius 3 is 2.88 bits per heavy atom. The summed E-state index contributed by atoms with van der Waals surface area (Å²) >= 11 is 9.77. The highest BCUT2D eigenvalue weighted by atomic mass is 79.9. The van der Waals surface area contributed by atoms with Crippen molar-refractivity contribution in [1.29, 1.82) is 0 Å². The maximum absolute atomic E-state index is 12.0. The first-order chi connectivity index (χ1) is 11.7. The molecule has 1 amide bonds. The molecule has 2 aliphatic heterocycles. The van der Waals surface area contributed by atoms with Crippen LogP contribution in [0.4, 0.5) is 4.79 Å². The van der Waals surface area contributed by atoms with Crippen molar-refractivity contribution in [3.63, 3.8) is 0 Å². The van der Waals surface area contributed by atoms with Gasteiger partial charge < -0.3 is 14.8 Å². The first-order valence-corrected chi connectivity index (χ1v) is 9.75. The van der Waals surface area contributed by atoms with Crippen LogP contribution < -0.4 is 10.1 Å². The summed E-state index contributed by atoms with van der Waals surface area (Å²) in [5.74, 6) is 0.846. The van der Waals surface area contributed by atoms with E-state index in [0.29, 0.717) is 11.6 Å². The number of nitrogens with one attached hydrogen (secondary N) is 1. The van der Waals surface area contributed by atoms with Crippen LogP contribution >= 0.6 is 27.5 Å². The van der Waals surface area contributed by atoms with Gasteiger partial charge in [0.15, 0.2) is 0 Å². The smallest absolute Gasteiger partial charge is 0.407 e. The molecule has 138 valence electrons. The average molecular weight is 432 g/mol. The van der Waals surface area contributed by atoms with Crippen molar-refractivity contribution >= 4 is 33.6 Å². The molecule has 25 heavy (non-hydrogen) atoms. The summed E-state index contributed by atoms with van der Waals surface area (Å²) in [5.41, 5.74) is 0.667. The summed E-state index contributed by atoms with van der Waals surface area (Å²) < 4.78 is 12.1. The van der Waals surface area contributed by atoms with Crippen LogP contribution in [0.1, 0.15) is 45.2 Å². The second-order valence-corrected chi connectivity index (χ2v) is 8.87. The number of hydrogen-bond donors (Lipinski definition) is 1. The van der Waals surface area contributed by atoms with Crippen LogP contribution in [0.2, 0.25) is 5.02 Å². The standard InChI is InChI=1S/C18H24BrClN2O3/c1-18(2,3)25-17(23)21-12-4-6-22(10-12)14-5-7-24-15-9-11(20)8-13(19)16(14)15/h8-9,12,14H,4-7,10H2,1-3H3,(H,21,23)/t12?,14-/m0/s1. The Morgan fingerprint density at radius 1 is 1.40 bits per heavy atom. The number of amides is 1. The molecule has 0 aliphatic carbocycles. The van der Waals surface area contributed by atoms with Gasteiger partial charge in [0, 0.05) is 46.7 Å². The van der Waals surface area contributed by atoms with Gasteiger partial charge in [-0.15, -0.1) is 0 Å². The van der Waals surface area contributed by atoms with Crippen molar-refractivity contribution in [2.45, 2.75) is 51.3 Å². The molecule has 0 aromatic heterocycles. The lowest BCUT2D eigenvalue weighted by molar-refractivity contribution is 0.0503. The lowest BCUT2D eigenvalue weighted by Crippen LogP contribution is -2.41. The van der Waals surface area contributed by atoms with Gasteiger partial charge in [-0.05, 0) is 39.3 Å². The largest absolute Gasteiger partial charge is 0.493 e. The third-order valence-corrected chi connectivity index (χ3v) is 5.29. The Balaban J connectivity index is 1.67. The normalized spacial score (nSPS) is 23.7. The third-order valence-electron chi connectivity index (χ3n) is 4.42. The number of carbonyl (C=O) groups excluding carboxylic acids is 1. The second-order valence-electron chi connectivity index (χ2n) is 7.58. The van der Waals surface area contributed by atoms with E-state index >= 15 is 0 Å². The van der Waals surface area contributed by atoms with Crippen LogP contribution in [0.5, 0.6) is 5.75 Å². The monoisotopic (exact) mass is 430 g/mol. The van der Waals surface area contributed by atoms with E-state index in [1.54, 1.807) is 0 Å². The Morgan fingerprint density at radius 2 is 2.16 bits per heavy atom. The van der Waals surface area contributed by atoms with E-state index in [1.807, 2.05) is 32.9 Å². The Bertz CT molecular complexity index is 662. The van der Waals surface area contributed by atoms with Crippen LogP contribution in [-0.4, -0.2) is 42.3 Å². The minimum Gasteiger partial charge on any atom is -0.493 e. The van der Waals surface area contributed by atoms with Gasteiger partial charge in [-0.1, -0.05) is 27.5 Å². The Labute approximate surface area is 162 Å². The van der Waals surface area contributed by atoms with Gasteiger partial charge in [-0.3, -0.25) is 4.90 Å². The average Bonchev–Trinajstić information content (AvgIpc) is 2.92. The van der Waals surface area contributed by atoms with E-state index < -0.39 is 5.60 Å². The van der Waals surface area contributed by atoms with E-state index in [4.69, 9.17) is 21.1 Å². The molecule has 0 saturated carbocycles. The summed E-state index contributed by atoms with van der Waals surface area (Å²) in [4.78, 5) is 14.4. The molecule has 2 heterocycles. The predicted octanol–water partition coefficient (Wildman–Crippen LogP) is 4.53. The van der Waals surface area contributed by atoms with Gasteiger partial charge in [-0.25, -0.2) is 4.79 Å². The Hall–Kier alpha value is -0.980. The third kappa shape index (κ3) is 4.60. The quantitative estimate of drug-likeness (QED) is 0.748. The van der Waals surface area contributed by atoms with Gasteiger partial charge in [0.2, 0.25) is 0 Å². The summed E-state index contributed by atoms with van der Waals surface area (Å²) in [5, 5.41) is 3.65. The maximum atomic E-state index is 12.0. The van der Waals surface area contributed by atoms with Gasteiger partial charge in [0.05, 0.1) is 6.61 Å². The van der Waals surface area contributed by atoms with Crippen molar-refractivity contribution in [2.75, 3.05) is 19.7 Å². The van der Waals surface area contributed by atoms with Crippen LogP contribution in [0, 0.1) is 0 Å². The number of nitrogens with zero attached hydrogens (tertiary/aromatic N) is 1. The number of halogens is 2. The molecule has 1 aromatic rings. The van der Waals surface area contributed by atoms with Crippen molar-refractivity contribution in [1.82, 2.24) is 10.2 Å². The molecule has 0 bridgehead atoms. The summed E-state index contributed by atoms with van der Waals surface area (Å²) in [6.07, 6.45) is 1.49. The number of ether oxygens (including phenoxy) is 2. The zero-order valence-corrected chi connectivity index (χ0v) is 17.1. The number of benzene rings is 1. The van der Waals surface area contributed by atoms with Crippen molar-refractivity contribution < 1.29 is 14.3 Å². The van der Waals surface area contributed by atoms with E-state index in [-0.39, 0.29) is 18.2 Å². The second kappa shape index (κ2) is 7.33. The van der Waals surface area contributed by atoms with Gasteiger partial charge >= 0.3 is 6.09 Å². The summed E-state index contributed by atoms with van der Waals surface area (Å²) in [7, 11) is 0. The minimum absolute atomic E-state index is 0.104. The zero-order chi connectivity index (χ0) is 18.2. The van der Waals surface area contributed by atoms with E-state index in [9.17, 15) is 4.79 Å². The van der Waals surface area contributed by atoms with Crippen LogP contribution in [0.15, 0.2) is 16.6 Å². The molecule has 7 heteroatoms. The molecule has 1 N–H and O–H groups in total. The molecule has 0 spiro atoms.